The lowest BCUT2D eigenvalue weighted by Crippen LogP contribution is -2.11. The molecule has 0 spiro atoms. The van der Waals surface area contributed by atoms with E-state index in [0.29, 0.717) is 17.2 Å². The number of aromatic nitrogens is 2. The van der Waals surface area contributed by atoms with E-state index < -0.39 is 0 Å². The fourth-order valence-electron chi connectivity index (χ4n) is 1.76. The zero-order valence-corrected chi connectivity index (χ0v) is 11.1. The maximum Gasteiger partial charge on any atom is 0.170 e. The van der Waals surface area contributed by atoms with Crippen molar-refractivity contribution in [2.24, 2.45) is 0 Å². The summed E-state index contributed by atoms with van der Waals surface area (Å²) in [6.07, 6.45) is 0. The molecule has 0 amide bonds. The third kappa shape index (κ3) is 2.18. The van der Waals surface area contributed by atoms with Gasteiger partial charge in [-0.15, -0.1) is 5.10 Å². The van der Waals surface area contributed by atoms with Crippen molar-refractivity contribution in [2.45, 2.75) is 0 Å². The number of nitrogens with zero attached hydrogens (tertiary/aromatic N) is 4. The smallest absolute Gasteiger partial charge is 0.170 e. The van der Waals surface area contributed by atoms with Crippen LogP contribution in [0.2, 0.25) is 0 Å². The highest BCUT2D eigenvalue weighted by molar-refractivity contribution is 5.66. The third-order valence-electron chi connectivity index (χ3n) is 2.76. The SMILES string of the molecule is COc1ccc(-n2nc(N(C)C)c(C#N)c2N)cc1. The molecule has 0 bridgehead atoms. The van der Waals surface area contributed by atoms with Gasteiger partial charge in [-0.25, -0.2) is 4.68 Å². The Hall–Kier alpha value is -2.68. The second-order valence-electron chi connectivity index (χ2n) is 4.20. The summed E-state index contributed by atoms with van der Waals surface area (Å²) in [5.74, 6) is 1.63. The molecule has 0 radical (unpaired) electrons. The van der Waals surface area contributed by atoms with Crippen molar-refractivity contribution in [3.8, 4) is 17.5 Å². The molecular formula is C13H15N5O. The first-order valence-corrected chi connectivity index (χ1v) is 5.68. The second kappa shape index (κ2) is 4.90. The second-order valence-corrected chi connectivity index (χ2v) is 4.20. The molecule has 1 aromatic carbocycles. The number of anilines is 2. The maximum absolute atomic E-state index is 9.16. The van der Waals surface area contributed by atoms with Crippen LogP contribution in [0.25, 0.3) is 5.69 Å². The number of benzene rings is 1. The molecule has 0 aliphatic heterocycles. The lowest BCUT2D eigenvalue weighted by Gasteiger charge is -2.07. The highest BCUT2D eigenvalue weighted by atomic mass is 16.5. The summed E-state index contributed by atoms with van der Waals surface area (Å²) in [6.45, 7) is 0. The molecule has 19 heavy (non-hydrogen) atoms. The molecule has 0 saturated carbocycles. The molecular weight excluding hydrogens is 242 g/mol. The Morgan fingerprint density at radius 2 is 1.95 bits per heavy atom. The predicted molar refractivity (Wildman–Crippen MR) is 73.6 cm³/mol. The van der Waals surface area contributed by atoms with Crippen LogP contribution in [0.5, 0.6) is 5.75 Å². The zero-order valence-electron chi connectivity index (χ0n) is 11.1. The average molecular weight is 257 g/mol. The first-order valence-electron chi connectivity index (χ1n) is 5.68. The van der Waals surface area contributed by atoms with Crippen molar-refractivity contribution in [2.75, 3.05) is 31.8 Å². The molecule has 0 unspecified atom stereocenters. The minimum atomic E-state index is 0.330. The lowest BCUT2D eigenvalue weighted by molar-refractivity contribution is 0.414. The summed E-state index contributed by atoms with van der Waals surface area (Å²) in [7, 11) is 5.25. The number of hydrogen-bond acceptors (Lipinski definition) is 5. The topological polar surface area (TPSA) is 80.1 Å². The number of methoxy groups -OCH3 is 1. The molecule has 0 aliphatic rings. The van der Waals surface area contributed by atoms with Gasteiger partial charge in [-0.2, -0.15) is 5.26 Å². The Morgan fingerprint density at radius 1 is 1.32 bits per heavy atom. The summed E-state index contributed by atoms with van der Waals surface area (Å²) in [6, 6.07) is 9.39. The average Bonchev–Trinajstić information content (AvgIpc) is 2.76. The molecule has 0 saturated heterocycles. The fourth-order valence-corrected chi connectivity index (χ4v) is 1.76. The van der Waals surface area contributed by atoms with Crippen molar-refractivity contribution in [1.29, 1.82) is 5.26 Å². The van der Waals surface area contributed by atoms with Gasteiger partial charge in [0.05, 0.1) is 12.8 Å². The molecule has 6 nitrogen and oxygen atoms in total. The van der Waals surface area contributed by atoms with Crippen LogP contribution in [-0.4, -0.2) is 31.0 Å². The minimum Gasteiger partial charge on any atom is -0.497 e. The van der Waals surface area contributed by atoms with E-state index in [4.69, 9.17) is 15.7 Å². The van der Waals surface area contributed by atoms with Crippen LogP contribution in [0.3, 0.4) is 0 Å². The standard InChI is InChI=1S/C13H15N5O/c1-17(2)13-11(8-14)12(15)18(16-13)9-4-6-10(19-3)7-5-9/h4-7H,15H2,1-3H3. The molecule has 6 heteroatoms. The number of ether oxygens (including phenoxy) is 1. The van der Waals surface area contributed by atoms with Crippen molar-refractivity contribution in [3.05, 3.63) is 29.8 Å². The van der Waals surface area contributed by atoms with Gasteiger partial charge in [-0.3, -0.25) is 0 Å². The van der Waals surface area contributed by atoms with E-state index in [1.54, 1.807) is 16.7 Å². The number of nitriles is 1. The van der Waals surface area contributed by atoms with Gasteiger partial charge in [-0.05, 0) is 24.3 Å². The first-order chi connectivity index (χ1) is 9.08. The number of hydrogen-bond donors (Lipinski definition) is 1. The van der Waals surface area contributed by atoms with Gasteiger partial charge in [0, 0.05) is 14.1 Å². The van der Waals surface area contributed by atoms with E-state index in [1.807, 2.05) is 38.4 Å². The number of nitrogens with two attached hydrogens (primary N) is 1. The molecule has 98 valence electrons. The van der Waals surface area contributed by atoms with E-state index in [2.05, 4.69) is 11.2 Å². The van der Waals surface area contributed by atoms with E-state index in [1.165, 1.54) is 0 Å². The summed E-state index contributed by atoms with van der Waals surface area (Å²) >= 11 is 0. The Bertz CT molecular complexity index is 622. The van der Waals surface area contributed by atoms with Crippen molar-refractivity contribution in [1.82, 2.24) is 9.78 Å². The Balaban J connectivity index is 2.53. The minimum absolute atomic E-state index is 0.330. The van der Waals surface area contributed by atoms with Gasteiger partial charge in [0.15, 0.2) is 5.82 Å². The summed E-state index contributed by atoms with van der Waals surface area (Å²) < 4.78 is 6.65. The largest absolute Gasteiger partial charge is 0.497 e. The Morgan fingerprint density at radius 3 is 2.37 bits per heavy atom. The molecule has 2 rings (SSSR count). The third-order valence-corrected chi connectivity index (χ3v) is 2.76. The Kier molecular flexibility index (Phi) is 3.29. The van der Waals surface area contributed by atoms with Crippen molar-refractivity contribution < 1.29 is 4.74 Å². The van der Waals surface area contributed by atoms with E-state index in [9.17, 15) is 0 Å². The molecule has 0 fully saturated rings. The van der Waals surface area contributed by atoms with Crippen LogP contribution in [-0.2, 0) is 0 Å². The normalized spacial score (nSPS) is 10.0. The number of rotatable bonds is 3. The van der Waals surface area contributed by atoms with Crippen LogP contribution in [0.1, 0.15) is 5.56 Å². The molecule has 0 aliphatic carbocycles. The van der Waals surface area contributed by atoms with E-state index in [-0.39, 0.29) is 0 Å². The molecule has 0 atom stereocenters. The van der Waals surface area contributed by atoms with Crippen molar-refractivity contribution in [3.63, 3.8) is 0 Å². The van der Waals surface area contributed by atoms with Gasteiger partial charge in [0.2, 0.25) is 0 Å². The molecule has 1 aromatic heterocycles. The first kappa shape index (κ1) is 12.8. The van der Waals surface area contributed by atoms with Crippen LogP contribution in [0.15, 0.2) is 24.3 Å². The van der Waals surface area contributed by atoms with Gasteiger partial charge >= 0.3 is 0 Å². The van der Waals surface area contributed by atoms with Gasteiger partial charge in [0.1, 0.15) is 23.2 Å². The zero-order chi connectivity index (χ0) is 14.0. The number of nitrogen functional groups attached to an aromatic ring is 1. The van der Waals surface area contributed by atoms with Crippen molar-refractivity contribution >= 4 is 11.6 Å². The molecule has 2 N–H and O–H groups in total. The van der Waals surface area contributed by atoms with Crippen LogP contribution in [0, 0.1) is 11.3 Å². The molecule has 2 aromatic rings. The maximum atomic E-state index is 9.16. The van der Waals surface area contributed by atoms with Gasteiger partial charge < -0.3 is 15.4 Å². The van der Waals surface area contributed by atoms with E-state index in [0.717, 1.165) is 11.4 Å². The summed E-state index contributed by atoms with van der Waals surface area (Å²) in [4.78, 5) is 1.76. The van der Waals surface area contributed by atoms with Crippen LogP contribution < -0.4 is 15.4 Å². The lowest BCUT2D eigenvalue weighted by atomic mass is 10.3. The fraction of sp³-hybridized carbons (Fsp3) is 0.231. The van der Waals surface area contributed by atoms with E-state index >= 15 is 0 Å². The highest BCUT2D eigenvalue weighted by Crippen LogP contribution is 2.26. The van der Waals surface area contributed by atoms with Gasteiger partial charge in [-0.1, -0.05) is 0 Å². The summed E-state index contributed by atoms with van der Waals surface area (Å²) in [5.41, 5.74) is 7.13. The molecule has 1 heterocycles. The predicted octanol–water partition coefficient (Wildman–Crippen LogP) is 1.40. The highest BCUT2D eigenvalue weighted by Gasteiger charge is 2.17. The summed E-state index contributed by atoms with van der Waals surface area (Å²) in [5, 5.41) is 13.5. The van der Waals surface area contributed by atoms with Crippen LogP contribution >= 0.6 is 0 Å². The monoisotopic (exact) mass is 257 g/mol. The quantitative estimate of drug-likeness (QED) is 0.899. The van der Waals surface area contributed by atoms with Gasteiger partial charge in [0.25, 0.3) is 0 Å². The van der Waals surface area contributed by atoms with Crippen LogP contribution in [0.4, 0.5) is 11.6 Å². The Labute approximate surface area is 111 Å².